The number of fused-ring (bicyclic) bond motifs is 1. The highest BCUT2D eigenvalue weighted by molar-refractivity contribution is 6.31. The van der Waals surface area contributed by atoms with Crippen LogP contribution in [0.2, 0.25) is 5.02 Å². The molecule has 142 valence electrons. The summed E-state index contributed by atoms with van der Waals surface area (Å²) in [4.78, 5) is 17.0. The lowest BCUT2D eigenvalue weighted by Gasteiger charge is -2.07. The summed E-state index contributed by atoms with van der Waals surface area (Å²) < 4.78 is 7.36. The predicted molar refractivity (Wildman–Crippen MR) is 109 cm³/mol. The van der Waals surface area contributed by atoms with Crippen molar-refractivity contribution in [2.24, 2.45) is 0 Å². The van der Waals surface area contributed by atoms with Crippen LogP contribution in [-0.4, -0.2) is 20.7 Å². The van der Waals surface area contributed by atoms with Gasteiger partial charge in [-0.15, -0.1) is 0 Å². The number of oxazole rings is 1. The summed E-state index contributed by atoms with van der Waals surface area (Å²) >= 11 is 6.21. The number of anilines is 1. The molecule has 0 spiro atoms. The van der Waals surface area contributed by atoms with E-state index in [0.717, 1.165) is 29.0 Å². The Bertz CT molecular complexity index is 1180. The van der Waals surface area contributed by atoms with E-state index < -0.39 is 0 Å². The van der Waals surface area contributed by atoms with Gasteiger partial charge in [-0.3, -0.25) is 4.79 Å². The Kier molecular flexibility index (Phi) is 4.65. The number of amides is 1. The molecule has 0 unspecified atom stereocenters. The van der Waals surface area contributed by atoms with Crippen LogP contribution in [0.25, 0.3) is 16.8 Å². The zero-order valence-electron chi connectivity index (χ0n) is 15.8. The number of halogens is 1. The lowest BCUT2D eigenvalue weighted by atomic mass is 10.2. The maximum Gasteiger partial charge on any atom is 0.255 e. The van der Waals surface area contributed by atoms with Crippen molar-refractivity contribution in [3.05, 3.63) is 70.3 Å². The fourth-order valence-electron chi connectivity index (χ4n) is 3.04. The summed E-state index contributed by atoms with van der Waals surface area (Å²) in [6, 6.07) is 12.6. The van der Waals surface area contributed by atoms with Crippen molar-refractivity contribution >= 4 is 34.3 Å². The van der Waals surface area contributed by atoms with Gasteiger partial charge in [0, 0.05) is 17.7 Å². The van der Waals surface area contributed by atoms with E-state index in [1.807, 2.05) is 45.0 Å². The van der Waals surface area contributed by atoms with E-state index in [2.05, 4.69) is 15.4 Å². The molecule has 2 aromatic carbocycles. The summed E-state index contributed by atoms with van der Waals surface area (Å²) in [5.41, 5.74) is 5.14. The number of nitrogens with one attached hydrogen (secondary N) is 1. The molecule has 1 amide bonds. The lowest BCUT2D eigenvalue weighted by molar-refractivity contribution is 0.102. The zero-order valence-corrected chi connectivity index (χ0v) is 16.5. The van der Waals surface area contributed by atoms with Crippen LogP contribution in [0.3, 0.4) is 0 Å². The first-order chi connectivity index (χ1) is 13.5. The van der Waals surface area contributed by atoms with Crippen LogP contribution in [0.5, 0.6) is 0 Å². The molecule has 7 heteroatoms. The molecule has 0 aliphatic heterocycles. The Hall–Kier alpha value is -3.12. The van der Waals surface area contributed by atoms with Crippen LogP contribution >= 0.6 is 11.6 Å². The molecule has 0 saturated carbocycles. The van der Waals surface area contributed by atoms with E-state index in [1.165, 1.54) is 0 Å². The standard InChI is InChI=1S/C21H19ClN4O2/c1-4-19-24-17-11-15(7-10-18(17)28-19)23-21(27)14-5-8-16(9-6-14)26-13(3)20(22)12(2)25-26/h5-11H,4H2,1-3H3,(H,23,27). The monoisotopic (exact) mass is 394 g/mol. The van der Waals surface area contributed by atoms with Crippen LogP contribution in [0, 0.1) is 13.8 Å². The maximum absolute atomic E-state index is 12.6. The molecule has 4 aromatic rings. The van der Waals surface area contributed by atoms with Crippen LogP contribution in [0.15, 0.2) is 46.9 Å². The number of aryl methyl sites for hydroxylation is 2. The number of hydrogen-bond acceptors (Lipinski definition) is 4. The summed E-state index contributed by atoms with van der Waals surface area (Å²) in [5.74, 6) is 0.481. The van der Waals surface area contributed by atoms with Gasteiger partial charge in [-0.1, -0.05) is 18.5 Å². The van der Waals surface area contributed by atoms with Gasteiger partial charge in [-0.2, -0.15) is 5.10 Å². The third kappa shape index (κ3) is 3.27. The highest BCUT2D eigenvalue weighted by Gasteiger charge is 2.12. The first-order valence-electron chi connectivity index (χ1n) is 8.99. The van der Waals surface area contributed by atoms with E-state index in [1.54, 1.807) is 22.9 Å². The zero-order chi connectivity index (χ0) is 19.8. The van der Waals surface area contributed by atoms with E-state index in [4.69, 9.17) is 16.0 Å². The smallest absolute Gasteiger partial charge is 0.255 e. The number of aromatic nitrogens is 3. The number of hydrogen-bond donors (Lipinski definition) is 1. The van der Waals surface area contributed by atoms with Gasteiger partial charge >= 0.3 is 0 Å². The van der Waals surface area contributed by atoms with Crippen molar-refractivity contribution in [1.82, 2.24) is 14.8 Å². The fraction of sp³-hybridized carbons (Fsp3) is 0.190. The Labute approximate surface area is 167 Å². The van der Waals surface area contributed by atoms with Gasteiger partial charge in [-0.05, 0) is 56.3 Å². The topological polar surface area (TPSA) is 73.0 Å². The van der Waals surface area contributed by atoms with Crippen molar-refractivity contribution in [3.8, 4) is 5.69 Å². The minimum atomic E-state index is -0.198. The summed E-state index contributed by atoms with van der Waals surface area (Å²) in [7, 11) is 0. The van der Waals surface area contributed by atoms with Gasteiger partial charge in [0.05, 0.1) is 22.1 Å². The Balaban J connectivity index is 1.54. The molecule has 2 heterocycles. The van der Waals surface area contributed by atoms with Gasteiger partial charge < -0.3 is 9.73 Å². The second-order valence-electron chi connectivity index (χ2n) is 6.54. The largest absolute Gasteiger partial charge is 0.441 e. The second kappa shape index (κ2) is 7.13. The third-order valence-corrected chi connectivity index (χ3v) is 5.12. The molecule has 0 saturated heterocycles. The number of carbonyl (C=O) groups excluding carboxylic acids is 1. The molecule has 0 radical (unpaired) electrons. The second-order valence-corrected chi connectivity index (χ2v) is 6.92. The normalized spacial score (nSPS) is 11.1. The van der Waals surface area contributed by atoms with Crippen LogP contribution in [-0.2, 0) is 6.42 Å². The Morgan fingerprint density at radius 2 is 1.93 bits per heavy atom. The Morgan fingerprint density at radius 3 is 2.57 bits per heavy atom. The van der Waals surface area contributed by atoms with Gasteiger partial charge in [0.1, 0.15) is 5.52 Å². The van der Waals surface area contributed by atoms with E-state index in [0.29, 0.717) is 27.7 Å². The minimum Gasteiger partial charge on any atom is -0.441 e. The SMILES string of the molecule is CCc1nc2cc(NC(=O)c3ccc(-n4nc(C)c(Cl)c4C)cc3)ccc2o1. The summed E-state index contributed by atoms with van der Waals surface area (Å²) in [5, 5.41) is 7.98. The van der Waals surface area contributed by atoms with Gasteiger partial charge in [0.25, 0.3) is 5.91 Å². The maximum atomic E-state index is 12.6. The van der Waals surface area contributed by atoms with Gasteiger partial charge in [-0.25, -0.2) is 9.67 Å². The fourth-order valence-corrected chi connectivity index (χ4v) is 3.15. The van der Waals surface area contributed by atoms with Crippen molar-refractivity contribution in [1.29, 1.82) is 0 Å². The first kappa shape index (κ1) is 18.3. The van der Waals surface area contributed by atoms with Crippen molar-refractivity contribution in [3.63, 3.8) is 0 Å². The molecule has 0 fully saturated rings. The molecule has 0 bridgehead atoms. The molecule has 28 heavy (non-hydrogen) atoms. The van der Waals surface area contributed by atoms with Gasteiger partial charge in [0.15, 0.2) is 11.5 Å². The third-order valence-electron chi connectivity index (χ3n) is 4.57. The van der Waals surface area contributed by atoms with Crippen LogP contribution < -0.4 is 5.32 Å². The minimum absolute atomic E-state index is 0.198. The number of benzene rings is 2. The average molecular weight is 395 g/mol. The molecule has 2 aromatic heterocycles. The molecule has 0 atom stereocenters. The highest BCUT2D eigenvalue weighted by atomic mass is 35.5. The van der Waals surface area contributed by atoms with Crippen molar-refractivity contribution < 1.29 is 9.21 Å². The van der Waals surface area contributed by atoms with Crippen molar-refractivity contribution in [2.45, 2.75) is 27.2 Å². The van der Waals surface area contributed by atoms with E-state index in [9.17, 15) is 4.79 Å². The predicted octanol–water partition coefficient (Wildman–Crippen LogP) is 5.10. The Morgan fingerprint density at radius 1 is 1.18 bits per heavy atom. The lowest BCUT2D eigenvalue weighted by Crippen LogP contribution is -2.12. The number of nitrogens with zero attached hydrogens (tertiary/aromatic N) is 3. The summed E-state index contributed by atoms with van der Waals surface area (Å²) in [6.07, 6.45) is 0.725. The quantitative estimate of drug-likeness (QED) is 0.522. The molecule has 1 N–H and O–H groups in total. The van der Waals surface area contributed by atoms with Gasteiger partial charge in [0.2, 0.25) is 0 Å². The molecule has 6 nitrogen and oxygen atoms in total. The van der Waals surface area contributed by atoms with Crippen LogP contribution in [0.1, 0.15) is 34.6 Å². The van der Waals surface area contributed by atoms with Crippen molar-refractivity contribution in [2.75, 3.05) is 5.32 Å². The average Bonchev–Trinajstić information content (AvgIpc) is 3.23. The van der Waals surface area contributed by atoms with E-state index in [-0.39, 0.29) is 5.91 Å². The highest BCUT2D eigenvalue weighted by Crippen LogP contribution is 2.23. The molecular weight excluding hydrogens is 376 g/mol. The number of rotatable bonds is 4. The van der Waals surface area contributed by atoms with E-state index >= 15 is 0 Å². The molecule has 0 aliphatic carbocycles. The summed E-state index contributed by atoms with van der Waals surface area (Å²) in [6.45, 7) is 5.76. The molecule has 4 rings (SSSR count). The number of carbonyl (C=O) groups is 1. The molecular formula is C21H19ClN4O2. The molecule has 0 aliphatic rings. The first-order valence-corrected chi connectivity index (χ1v) is 9.37. The van der Waals surface area contributed by atoms with Crippen LogP contribution in [0.4, 0.5) is 5.69 Å².